The summed E-state index contributed by atoms with van der Waals surface area (Å²) >= 11 is 12.3. The molecule has 4 nitrogen and oxygen atoms in total. The lowest BCUT2D eigenvalue weighted by atomic mass is 10.1. The molecule has 2 aromatic carbocycles. The quantitative estimate of drug-likeness (QED) is 0.817. The maximum Gasteiger partial charge on any atom is 0.254 e. The Hall–Kier alpha value is -1.75. The molecule has 1 aliphatic heterocycles. The van der Waals surface area contributed by atoms with Crippen molar-refractivity contribution < 1.29 is 14.3 Å². The van der Waals surface area contributed by atoms with Crippen molar-refractivity contribution in [3.8, 4) is 5.75 Å². The van der Waals surface area contributed by atoms with E-state index < -0.39 is 0 Å². The molecular formula is C18H17Cl2NO3. The molecule has 0 bridgehead atoms. The molecule has 3 rings (SSSR count). The Morgan fingerprint density at radius 3 is 2.50 bits per heavy atom. The van der Waals surface area contributed by atoms with Crippen molar-refractivity contribution in [3.63, 3.8) is 0 Å². The van der Waals surface area contributed by atoms with Crippen LogP contribution < -0.4 is 4.74 Å². The van der Waals surface area contributed by atoms with E-state index in [0.717, 1.165) is 5.56 Å². The van der Waals surface area contributed by atoms with Crippen LogP contribution in [-0.2, 0) is 4.74 Å². The zero-order chi connectivity index (χ0) is 17.1. The monoisotopic (exact) mass is 365 g/mol. The van der Waals surface area contributed by atoms with E-state index in [-0.39, 0.29) is 12.0 Å². The zero-order valence-electron chi connectivity index (χ0n) is 13.2. The summed E-state index contributed by atoms with van der Waals surface area (Å²) in [7, 11) is 1.49. The van der Waals surface area contributed by atoms with Gasteiger partial charge in [0.05, 0.1) is 30.3 Å². The first kappa shape index (κ1) is 17.1. The predicted molar refractivity (Wildman–Crippen MR) is 94.1 cm³/mol. The van der Waals surface area contributed by atoms with Gasteiger partial charge >= 0.3 is 0 Å². The van der Waals surface area contributed by atoms with Crippen LogP contribution in [-0.4, -0.2) is 37.6 Å². The molecule has 6 heteroatoms. The Kier molecular flexibility index (Phi) is 5.29. The minimum Gasteiger partial charge on any atom is -0.494 e. The summed E-state index contributed by atoms with van der Waals surface area (Å²) in [6.07, 6.45) is -0.131. The number of benzene rings is 2. The number of ether oxygens (including phenoxy) is 2. The normalized spacial score (nSPS) is 17.6. The van der Waals surface area contributed by atoms with Crippen molar-refractivity contribution in [2.45, 2.75) is 6.10 Å². The average Bonchev–Trinajstić information content (AvgIpc) is 2.61. The number of nitrogens with zero attached hydrogens (tertiary/aromatic N) is 1. The predicted octanol–water partition coefficient (Wildman–Crippen LogP) is 4.22. The summed E-state index contributed by atoms with van der Waals surface area (Å²) in [5.74, 6) is 0.254. The molecule has 0 aliphatic carbocycles. The highest BCUT2D eigenvalue weighted by Crippen LogP contribution is 2.34. The van der Waals surface area contributed by atoms with E-state index in [0.29, 0.717) is 41.1 Å². The molecular weight excluding hydrogens is 349 g/mol. The second-order valence-corrected chi connectivity index (χ2v) is 6.31. The topological polar surface area (TPSA) is 38.8 Å². The van der Waals surface area contributed by atoms with Gasteiger partial charge in [-0.1, -0.05) is 53.5 Å². The molecule has 1 saturated heterocycles. The minimum atomic E-state index is -0.131. The third-order valence-electron chi connectivity index (χ3n) is 3.97. The van der Waals surface area contributed by atoms with Crippen molar-refractivity contribution in [2.75, 3.05) is 26.8 Å². The van der Waals surface area contributed by atoms with Crippen LogP contribution in [0.2, 0.25) is 10.0 Å². The van der Waals surface area contributed by atoms with Gasteiger partial charge in [-0.25, -0.2) is 0 Å². The fourth-order valence-corrected chi connectivity index (χ4v) is 3.41. The SMILES string of the molecule is COc1c(Cl)cc(C(=O)N2CCOC(c3ccccc3)C2)cc1Cl. The molecule has 2 aromatic rings. The van der Waals surface area contributed by atoms with Gasteiger partial charge in [0.15, 0.2) is 5.75 Å². The summed E-state index contributed by atoms with van der Waals surface area (Å²) in [4.78, 5) is 14.6. The van der Waals surface area contributed by atoms with Crippen molar-refractivity contribution in [3.05, 3.63) is 63.6 Å². The van der Waals surface area contributed by atoms with E-state index in [1.165, 1.54) is 7.11 Å². The van der Waals surface area contributed by atoms with Crippen LogP contribution >= 0.6 is 23.2 Å². The summed E-state index contributed by atoms with van der Waals surface area (Å²) in [5, 5.41) is 0.641. The fraction of sp³-hybridized carbons (Fsp3) is 0.278. The molecule has 0 radical (unpaired) electrons. The Balaban J connectivity index is 1.80. The van der Waals surface area contributed by atoms with E-state index >= 15 is 0 Å². The largest absolute Gasteiger partial charge is 0.494 e. The van der Waals surface area contributed by atoms with Gasteiger partial charge in [0.1, 0.15) is 6.10 Å². The highest BCUT2D eigenvalue weighted by molar-refractivity contribution is 6.37. The van der Waals surface area contributed by atoms with Gasteiger partial charge < -0.3 is 14.4 Å². The van der Waals surface area contributed by atoms with Gasteiger partial charge in [-0.15, -0.1) is 0 Å². The number of rotatable bonds is 3. The fourth-order valence-electron chi connectivity index (χ4n) is 2.76. The highest BCUT2D eigenvalue weighted by atomic mass is 35.5. The van der Waals surface area contributed by atoms with Crippen LogP contribution in [0.25, 0.3) is 0 Å². The molecule has 1 aliphatic rings. The first-order chi connectivity index (χ1) is 11.6. The number of methoxy groups -OCH3 is 1. The lowest BCUT2D eigenvalue weighted by molar-refractivity contribution is -0.0228. The van der Waals surface area contributed by atoms with Gasteiger partial charge in [0.25, 0.3) is 5.91 Å². The molecule has 0 saturated carbocycles. The standard InChI is InChI=1S/C18H17Cl2NO3/c1-23-17-14(19)9-13(10-15(17)20)18(22)21-7-8-24-16(11-21)12-5-3-2-4-6-12/h2-6,9-10,16H,7-8,11H2,1H3. The van der Waals surface area contributed by atoms with Gasteiger partial charge in [-0.3, -0.25) is 4.79 Å². The van der Waals surface area contributed by atoms with Gasteiger partial charge in [0, 0.05) is 12.1 Å². The second-order valence-electron chi connectivity index (χ2n) is 5.49. The molecule has 1 unspecified atom stereocenters. The maximum atomic E-state index is 12.8. The smallest absolute Gasteiger partial charge is 0.254 e. The Morgan fingerprint density at radius 2 is 1.88 bits per heavy atom. The number of halogens is 2. The van der Waals surface area contributed by atoms with Gasteiger partial charge in [-0.2, -0.15) is 0 Å². The van der Waals surface area contributed by atoms with Crippen LogP contribution in [0.4, 0.5) is 0 Å². The van der Waals surface area contributed by atoms with Crippen LogP contribution in [0.1, 0.15) is 22.0 Å². The molecule has 0 N–H and O–H groups in total. The summed E-state index contributed by atoms with van der Waals surface area (Å²) < 4.78 is 10.9. The zero-order valence-corrected chi connectivity index (χ0v) is 14.7. The van der Waals surface area contributed by atoms with Crippen LogP contribution in [0, 0.1) is 0 Å². The average molecular weight is 366 g/mol. The van der Waals surface area contributed by atoms with Crippen LogP contribution in [0.5, 0.6) is 5.75 Å². The number of hydrogen-bond acceptors (Lipinski definition) is 3. The first-order valence-electron chi connectivity index (χ1n) is 7.59. The first-order valence-corrected chi connectivity index (χ1v) is 8.34. The molecule has 0 spiro atoms. The van der Waals surface area contributed by atoms with E-state index in [2.05, 4.69) is 0 Å². The molecule has 1 atom stereocenters. The second kappa shape index (κ2) is 7.43. The van der Waals surface area contributed by atoms with Crippen LogP contribution in [0.3, 0.4) is 0 Å². The van der Waals surface area contributed by atoms with E-state index in [1.54, 1.807) is 17.0 Å². The minimum absolute atomic E-state index is 0.120. The summed E-state index contributed by atoms with van der Waals surface area (Å²) in [6, 6.07) is 13.0. The molecule has 1 heterocycles. The number of carbonyl (C=O) groups excluding carboxylic acids is 1. The Bertz CT molecular complexity index is 713. The van der Waals surface area contributed by atoms with Crippen molar-refractivity contribution in [1.82, 2.24) is 4.90 Å². The van der Waals surface area contributed by atoms with Gasteiger partial charge in [0.2, 0.25) is 0 Å². The number of amides is 1. The van der Waals surface area contributed by atoms with E-state index in [4.69, 9.17) is 32.7 Å². The van der Waals surface area contributed by atoms with Crippen molar-refractivity contribution >= 4 is 29.1 Å². The molecule has 1 amide bonds. The van der Waals surface area contributed by atoms with Crippen molar-refractivity contribution in [1.29, 1.82) is 0 Å². The molecule has 1 fully saturated rings. The lowest BCUT2D eigenvalue weighted by Crippen LogP contribution is -2.42. The number of carbonyl (C=O) groups is 1. The summed E-state index contributed by atoms with van der Waals surface area (Å²) in [5.41, 5.74) is 1.50. The molecule has 24 heavy (non-hydrogen) atoms. The summed E-state index contributed by atoms with van der Waals surface area (Å²) in [6.45, 7) is 1.51. The number of morpholine rings is 1. The van der Waals surface area contributed by atoms with E-state index in [9.17, 15) is 4.79 Å². The van der Waals surface area contributed by atoms with E-state index in [1.807, 2.05) is 30.3 Å². The highest BCUT2D eigenvalue weighted by Gasteiger charge is 2.27. The van der Waals surface area contributed by atoms with Crippen molar-refractivity contribution in [2.24, 2.45) is 0 Å². The Labute approximate surface area is 150 Å². The van der Waals surface area contributed by atoms with Crippen LogP contribution in [0.15, 0.2) is 42.5 Å². The maximum absolute atomic E-state index is 12.8. The molecule has 0 aromatic heterocycles. The Morgan fingerprint density at radius 1 is 1.21 bits per heavy atom. The molecule has 126 valence electrons. The van der Waals surface area contributed by atoms with Gasteiger partial charge in [-0.05, 0) is 17.7 Å². The third kappa shape index (κ3) is 3.51. The number of hydrogen-bond donors (Lipinski definition) is 0. The third-order valence-corrected chi connectivity index (χ3v) is 4.54. The lowest BCUT2D eigenvalue weighted by Gasteiger charge is -2.33.